The molecule has 1 radical (unpaired) electrons. The van der Waals surface area contributed by atoms with Crippen molar-refractivity contribution in [3.8, 4) is 0 Å². The lowest BCUT2D eigenvalue weighted by molar-refractivity contribution is -1.13. The number of hydrogen-bond donors (Lipinski definition) is 0. The Bertz CT molecular complexity index is 91.9. The van der Waals surface area contributed by atoms with Gasteiger partial charge in [0.15, 0.2) is 0 Å². The van der Waals surface area contributed by atoms with E-state index in [0.717, 1.165) is 38.9 Å². The number of rotatable bonds is 2. The molecule has 0 unspecified atom stereocenters. The minimum atomic E-state index is 0.0938. The van der Waals surface area contributed by atoms with Gasteiger partial charge >= 0.3 is 0 Å². The molecule has 1 rings (SSSR count). The van der Waals surface area contributed by atoms with Gasteiger partial charge in [-0.15, -0.1) is 4.65 Å². The van der Waals surface area contributed by atoms with Gasteiger partial charge in [-0.25, -0.2) is 0 Å². The number of nitrogens with zero attached hydrogens (tertiary/aromatic N) is 1. The van der Waals surface area contributed by atoms with Crippen molar-refractivity contribution >= 4 is 0 Å². The lowest BCUT2D eigenvalue weighted by atomic mass is 10.1. The summed E-state index contributed by atoms with van der Waals surface area (Å²) in [4.78, 5) is 0. The van der Waals surface area contributed by atoms with Gasteiger partial charge in [-0.2, -0.15) is 0 Å². The summed E-state index contributed by atoms with van der Waals surface area (Å²) in [6.07, 6.45) is 4.59. The highest BCUT2D eigenvalue weighted by molar-refractivity contribution is 4.48. The van der Waals surface area contributed by atoms with E-state index in [1.165, 1.54) is 6.42 Å². The molecule has 1 aliphatic heterocycles. The zero-order chi connectivity index (χ0) is 7.45. The van der Waals surface area contributed by atoms with Crippen LogP contribution < -0.4 is 0 Å². The van der Waals surface area contributed by atoms with Gasteiger partial charge < -0.3 is 0 Å². The molecule has 10 heavy (non-hydrogen) atoms. The van der Waals surface area contributed by atoms with Gasteiger partial charge in [0.1, 0.15) is 19.6 Å². The third-order valence-electron chi connectivity index (χ3n) is 2.26. The molecule has 1 aliphatic rings. The molecule has 0 aromatic heterocycles. The lowest BCUT2D eigenvalue weighted by Crippen LogP contribution is -2.47. The Morgan fingerprint density at radius 2 is 1.80 bits per heavy atom. The van der Waals surface area contributed by atoms with Gasteiger partial charge in [0.25, 0.3) is 0 Å². The van der Waals surface area contributed by atoms with Gasteiger partial charge in [0, 0.05) is 5.21 Å². The molecule has 0 amide bonds. The van der Waals surface area contributed by atoms with Crippen LogP contribution in [-0.4, -0.2) is 24.3 Å². The van der Waals surface area contributed by atoms with E-state index in [0.29, 0.717) is 0 Å². The van der Waals surface area contributed by atoms with E-state index in [1.54, 1.807) is 0 Å². The van der Waals surface area contributed by atoms with Crippen LogP contribution >= 0.6 is 0 Å². The molecular formula is C8H17NO+. The molecule has 0 aliphatic carbocycles. The van der Waals surface area contributed by atoms with E-state index >= 15 is 0 Å². The van der Waals surface area contributed by atoms with E-state index in [-0.39, 0.29) is 4.65 Å². The lowest BCUT2D eigenvalue weighted by Gasteiger charge is -2.29. The average molecular weight is 143 g/mol. The summed E-state index contributed by atoms with van der Waals surface area (Å²) in [5.74, 6) is 0. The molecule has 1 saturated heterocycles. The Kier molecular flexibility index (Phi) is 2.69. The topological polar surface area (TPSA) is 19.9 Å². The molecule has 0 saturated carbocycles. The highest BCUT2D eigenvalue weighted by Crippen LogP contribution is 2.16. The second-order valence-electron chi connectivity index (χ2n) is 3.29. The maximum Gasteiger partial charge on any atom is 0.112 e. The summed E-state index contributed by atoms with van der Waals surface area (Å²) in [5, 5.41) is 11.7. The van der Waals surface area contributed by atoms with Crippen LogP contribution in [0.15, 0.2) is 0 Å². The van der Waals surface area contributed by atoms with E-state index < -0.39 is 0 Å². The minimum absolute atomic E-state index is 0.0938. The minimum Gasteiger partial charge on any atom is -0.142 e. The quantitative estimate of drug-likeness (QED) is 0.525. The van der Waals surface area contributed by atoms with Gasteiger partial charge in [-0.05, 0) is 25.7 Å². The fourth-order valence-electron chi connectivity index (χ4n) is 1.72. The van der Waals surface area contributed by atoms with E-state index in [1.807, 2.05) is 0 Å². The van der Waals surface area contributed by atoms with Crippen LogP contribution in [0.4, 0.5) is 0 Å². The maximum absolute atomic E-state index is 11.7. The standard InChI is InChI=1S/C8H17NO/c1-2-6-9(10)7-4-3-5-8-9/h2-8H2,1H3/q+1. The summed E-state index contributed by atoms with van der Waals surface area (Å²) in [6.45, 7) is 4.66. The second kappa shape index (κ2) is 3.35. The highest BCUT2D eigenvalue weighted by atomic mass is 16.5. The van der Waals surface area contributed by atoms with E-state index in [4.69, 9.17) is 0 Å². The van der Waals surface area contributed by atoms with E-state index in [9.17, 15) is 5.21 Å². The van der Waals surface area contributed by atoms with Crippen molar-refractivity contribution in [3.05, 3.63) is 0 Å². The monoisotopic (exact) mass is 143 g/mol. The molecule has 0 aromatic rings. The van der Waals surface area contributed by atoms with Gasteiger partial charge in [-0.3, -0.25) is 0 Å². The first-order chi connectivity index (χ1) is 4.77. The Morgan fingerprint density at radius 3 is 2.30 bits per heavy atom. The number of piperidine rings is 1. The number of hydroxylamine groups is 3. The average Bonchev–Trinajstić information content (AvgIpc) is 1.89. The van der Waals surface area contributed by atoms with E-state index in [2.05, 4.69) is 6.92 Å². The van der Waals surface area contributed by atoms with Crippen LogP contribution in [0.1, 0.15) is 32.6 Å². The fraction of sp³-hybridized carbons (Fsp3) is 1.00. The second-order valence-corrected chi connectivity index (χ2v) is 3.29. The number of quaternary nitrogens is 1. The van der Waals surface area contributed by atoms with Crippen molar-refractivity contribution in [3.63, 3.8) is 0 Å². The van der Waals surface area contributed by atoms with Crippen LogP contribution in [0, 0.1) is 0 Å². The Balaban J connectivity index is 2.32. The fourth-order valence-corrected chi connectivity index (χ4v) is 1.72. The van der Waals surface area contributed by atoms with Crippen molar-refractivity contribution in [1.82, 2.24) is 0 Å². The highest BCUT2D eigenvalue weighted by Gasteiger charge is 2.29. The smallest absolute Gasteiger partial charge is 0.112 e. The first-order valence-electron chi connectivity index (χ1n) is 4.34. The van der Waals surface area contributed by atoms with Crippen LogP contribution in [0.2, 0.25) is 0 Å². The zero-order valence-electron chi connectivity index (χ0n) is 6.81. The van der Waals surface area contributed by atoms with Crippen molar-refractivity contribution in [2.45, 2.75) is 32.6 Å². The molecule has 2 heteroatoms. The predicted octanol–water partition coefficient (Wildman–Crippen LogP) is 1.74. The normalized spacial score (nSPS) is 24.6. The molecule has 1 fully saturated rings. The van der Waals surface area contributed by atoms with Crippen molar-refractivity contribution in [2.75, 3.05) is 19.6 Å². The predicted molar refractivity (Wildman–Crippen MR) is 39.7 cm³/mol. The first-order valence-corrected chi connectivity index (χ1v) is 4.34. The zero-order valence-corrected chi connectivity index (χ0v) is 6.81. The molecule has 0 bridgehead atoms. The number of hydrogen-bond acceptors (Lipinski definition) is 0. The third kappa shape index (κ3) is 1.96. The largest absolute Gasteiger partial charge is 0.142 e. The van der Waals surface area contributed by atoms with Crippen molar-refractivity contribution in [1.29, 1.82) is 0 Å². The SMILES string of the molecule is CCC[N+]1([O])CCCCC1. The maximum atomic E-state index is 11.7. The Morgan fingerprint density at radius 1 is 1.20 bits per heavy atom. The molecule has 0 N–H and O–H groups in total. The summed E-state index contributed by atoms with van der Waals surface area (Å²) < 4.78 is 0.0938. The number of likely N-dealkylation sites (tertiary alicyclic amines) is 1. The van der Waals surface area contributed by atoms with Gasteiger partial charge in [-0.1, -0.05) is 6.92 Å². The van der Waals surface area contributed by atoms with Gasteiger partial charge in [0.2, 0.25) is 0 Å². The molecular weight excluding hydrogens is 126 g/mol. The Hall–Kier alpha value is -0.0800. The molecule has 0 atom stereocenters. The summed E-state index contributed by atoms with van der Waals surface area (Å²) in [7, 11) is 0. The molecule has 2 nitrogen and oxygen atoms in total. The summed E-state index contributed by atoms with van der Waals surface area (Å²) in [5.41, 5.74) is 0. The van der Waals surface area contributed by atoms with Crippen molar-refractivity contribution in [2.24, 2.45) is 0 Å². The Labute approximate surface area is 63.0 Å². The van der Waals surface area contributed by atoms with Crippen molar-refractivity contribution < 1.29 is 9.85 Å². The van der Waals surface area contributed by atoms with Gasteiger partial charge in [0.05, 0.1) is 0 Å². The molecule has 0 aromatic carbocycles. The van der Waals surface area contributed by atoms with Crippen LogP contribution in [-0.2, 0) is 5.21 Å². The molecule has 1 heterocycles. The van der Waals surface area contributed by atoms with Crippen LogP contribution in [0.25, 0.3) is 0 Å². The summed E-state index contributed by atoms with van der Waals surface area (Å²) in [6, 6.07) is 0. The van der Waals surface area contributed by atoms with Crippen LogP contribution in [0.3, 0.4) is 0 Å². The first kappa shape index (κ1) is 8.02. The molecule has 59 valence electrons. The van der Waals surface area contributed by atoms with Crippen LogP contribution in [0.5, 0.6) is 0 Å². The summed E-state index contributed by atoms with van der Waals surface area (Å²) >= 11 is 0. The molecule has 0 spiro atoms. The third-order valence-corrected chi connectivity index (χ3v) is 2.26.